The van der Waals surface area contributed by atoms with Crippen LogP contribution in [0.3, 0.4) is 0 Å². The van der Waals surface area contributed by atoms with Crippen LogP contribution in [-0.4, -0.2) is 24.8 Å². The van der Waals surface area contributed by atoms with Crippen molar-refractivity contribution in [3.63, 3.8) is 0 Å². The lowest BCUT2D eigenvalue weighted by Gasteiger charge is -2.20. The molecule has 3 nitrogen and oxygen atoms in total. The van der Waals surface area contributed by atoms with Crippen molar-refractivity contribution in [1.82, 2.24) is 0 Å². The topological polar surface area (TPSA) is 35.5 Å². The fourth-order valence-corrected chi connectivity index (χ4v) is 0.689. The highest BCUT2D eigenvalue weighted by atomic mass is 16.5. The molecule has 0 atom stereocenters. The maximum absolute atomic E-state index is 10.9. The number of hydrogen-bond acceptors (Lipinski definition) is 3. The molecule has 13 heavy (non-hydrogen) atoms. The summed E-state index contributed by atoms with van der Waals surface area (Å²) in [4.78, 5) is 10.9. The van der Waals surface area contributed by atoms with Crippen LogP contribution in [-0.2, 0) is 14.3 Å². The first-order valence-corrected chi connectivity index (χ1v) is 4.45. The molecule has 0 rings (SSSR count). The van der Waals surface area contributed by atoms with Crippen molar-refractivity contribution >= 4 is 5.97 Å². The molecular weight excluding hydrogens is 168 g/mol. The minimum atomic E-state index is -0.369. The van der Waals surface area contributed by atoms with Gasteiger partial charge in [-0.2, -0.15) is 0 Å². The molecule has 0 saturated carbocycles. The monoisotopic (exact) mass is 186 g/mol. The second kappa shape index (κ2) is 5.75. The Morgan fingerprint density at radius 2 is 2.15 bits per heavy atom. The molecule has 0 heterocycles. The van der Waals surface area contributed by atoms with E-state index < -0.39 is 0 Å². The Labute approximate surface area is 79.7 Å². The average Bonchev–Trinajstić information content (AvgIpc) is 2.05. The number of esters is 1. The van der Waals surface area contributed by atoms with Gasteiger partial charge in [0.1, 0.15) is 0 Å². The minimum absolute atomic E-state index is 0.220. The third-order valence-electron chi connectivity index (χ3n) is 1.58. The van der Waals surface area contributed by atoms with Crippen LogP contribution in [0.15, 0.2) is 12.7 Å². The molecule has 0 spiro atoms. The average molecular weight is 186 g/mol. The number of ether oxygens (including phenoxy) is 2. The van der Waals surface area contributed by atoms with Crippen molar-refractivity contribution in [2.24, 2.45) is 0 Å². The lowest BCUT2D eigenvalue weighted by Crippen LogP contribution is -2.22. The molecule has 0 aliphatic carbocycles. The maximum atomic E-state index is 10.9. The molecular formula is C10H18O3. The Balaban J connectivity index is 3.55. The lowest BCUT2D eigenvalue weighted by molar-refractivity contribution is -0.145. The van der Waals surface area contributed by atoms with Crippen molar-refractivity contribution in [2.75, 3.05) is 13.2 Å². The van der Waals surface area contributed by atoms with Crippen LogP contribution in [0, 0.1) is 0 Å². The first-order chi connectivity index (χ1) is 6.02. The van der Waals surface area contributed by atoms with Crippen molar-refractivity contribution in [3.05, 3.63) is 12.7 Å². The Hall–Kier alpha value is -0.830. The highest BCUT2D eigenvalue weighted by Crippen LogP contribution is 2.09. The second-order valence-corrected chi connectivity index (χ2v) is 3.21. The smallest absolute Gasteiger partial charge is 0.308 e. The largest absolute Gasteiger partial charge is 0.466 e. The van der Waals surface area contributed by atoms with Crippen molar-refractivity contribution in [3.8, 4) is 0 Å². The van der Waals surface area contributed by atoms with Gasteiger partial charge in [0, 0.05) is 0 Å². The molecule has 0 amide bonds. The molecule has 0 saturated heterocycles. The number of carbonyl (C=O) groups is 1. The molecule has 76 valence electrons. The molecule has 0 aromatic rings. The summed E-state index contributed by atoms with van der Waals surface area (Å²) in [6, 6.07) is 0. The number of rotatable bonds is 6. The first kappa shape index (κ1) is 12.2. The highest BCUT2D eigenvalue weighted by Gasteiger charge is 2.13. The SMILES string of the molecule is C=CC(C)(C)OCCC(=O)OCC. The van der Waals surface area contributed by atoms with E-state index in [-0.39, 0.29) is 11.6 Å². The fraction of sp³-hybridized carbons (Fsp3) is 0.700. The molecule has 0 aliphatic rings. The standard InChI is InChI=1S/C10H18O3/c1-5-10(3,4)13-8-7-9(11)12-6-2/h5H,1,6-8H2,2-4H3. The fourth-order valence-electron chi connectivity index (χ4n) is 0.689. The van der Waals surface area contributed by atoms with E-state index in [1.165, 1.54) is 0 Å². The Bertz CT molecular complexity index is 173. The van der Waals surface area contributed by atoms with Crippen LogP contribution >= 0.6 is 0 Å². The summed E-state index contributed by atoms with van der Waals surface area (Å²) in [5.74, 6) is -0.220. The molecule has 0 radical (unpaired) electrons. The third-order valence-corrected chi connectivity index (χ3v) is 1.58. The van der Waals surface area contributed by atoms with Crippen LogP contribution in [0.2, 0.25) is 0 Å². The van der Waals surface area contributed by atoms with Crippen molar-refractivity contribution in [1.29, 1.82) is 0 Å². The number of carbonyl (C=O) groups excluding carboxylic acids is 1. The second-order valence-electron chi connectivity index (χ2n) is 3.21. The maximum Gasteiger partial charge on any atom is 0.308 e. The van der Waals surface area contributed by atoms with E-state index in [1.54, 1.807) is 13.0 Å². The quantitative estimate of drug-likeness (QED) is 0.469. The van der Waals surface area contributed by atoms with Crippen LogP contribution in [0.25, 0.3) is 0 Å². The van der Waals surface area contributed by atoms with E-state index in [9.17, 15) is 4.79 Å². The lowest BCUT2D eigenvalue weighted by atomic mass is 10.1. The van der Waals surface area contributed by atoms with Crippen molar-refractivity contribution < 1.29 is 14.3 Å². The Morgan fingerprint density at radius 1 is 1.54 bits per heavy atom. The van der Waals surface area contributed by atoms with E-state index in [4.69, 9.17) is 9.47 Å². The van der Waals surface area contributed by atoms with Crippen molar-refractivity contribution in [2.45, 2.75) is 32.8 Å². The summed E-state index contributed by atoms with van der Waals surface area (Å²) < 4.78 is 10.1. The van der Waals surface area contributed by atoms with Crippen LogP contribution < -0.4 is 0 Å². The van der Waals surface area contributed by atoms with Crippen LogP contribution in [0.1, 0.15) is 27.2 Å². The Morgan fingerprint density at radius 3 is 2.62 bits per heavy atom. The zero-order valence-corrected chi connectivity index (χ0v) is 8.63. The van der Waals surface area contributed by atoms with Gasteiger partial charge in [-0.1, -0.05) is 6.08 Å². The van der Waals surface area contributed by atoms with Gasteiger partial charge in [-0.25, -0.2) is 0 Å². The molecule has 0 bridgehead atoms. The van der Waals surface area contributed by atoms with Gasteiger partial charge in [0.25, 0.3) is 0 Å². The molecule has 0 unspecified atom stereocenters. The first-order valence-electron chi connectivity index (χ1n) is 4.45. The summed E-state index contributed by atoms with van der Waals surface area (Å²) in [5, 5.41) is 0. The van der Waals surface area contributed by atoms with Gasteiger partial charge in [0.15, 0.2) is 0 Å². The van der Waals surface area contributed by atoms with Crippen LogP contribution in [0.4, 0.5) is 0 Å². The zero-order chi connectivity index (χ0) is 10.3. The predicted molar refractivity (Wildman–Crippen MR) is 51.5 cm³/mol. The third kappa shape index (κ3) is 6.34. The molecule has 0 fully saturated rings. The van der Waals surface area contributed by atoms with E-state index in [1.807, 2.05) is 13.8 Å². The summed E-state index contributed by atoms with van der Waals surface area (Å²) in [7, 11) is 0. The van der Waals surface area contributed by atoms with E-state index in [0.717, 1.165) is 0 Å². The molecule has 0 aromatic carbocycles. The van der Waals surface area contributed by atoms with Gasteiger partial charge in [0.2, 0.25) is 0 Å². The normalized spacial score (nSPS) is 11.0. The van der Waals surface area contributed by atoms with E-state index >= 15 is 0 Å². The highest BCUT2D eigenvalue weighted by molar-refractivity contribution is 5.69. The molecule has 0 aliphatic heterocycles. The summed E-state index contributed by atoms with van der Waals surface area (Å²) >= 11 is 0. The minimum Gasteiger partial charge on any atom is -0.466 e. The summed E-state index contributed by atoms with van der Waals surface area (Å²) in [5.41, 5.74) is -0.369. The molecule has 3 heteroatoms. The predicted octanol–water partition coefficient (Wildman–Crippen LogP) is 1.92. The summed E-state index contributed by atoms with van der Waals surface area (Å²) in [6.45, 7) is 9.99. The van der Waals surface area contributed by atoms with Gasteiger partial charge in [-0.05, 0) is 20.8 Å². The van der Waals surface area contributed by atoms with Gasteiger partial charge >= 0.3 is 5.97 Å². The summed E-state index contributed by atoms with van der Waals surface area (Å²) in [6.07, 6.45) is 2.00. The Kier molecular flexibility index (Phi) is 5.39. The molecule has 0 aromatic heterocycles. The molecule has 0 N–H and O–H groups in total. The van der Waals surface area contributed by atoms with Gasteiger partial charge < -0.3 is 9.47 Å². The van der Waals surface area contributed by atoms with Gasteiger partial charge in [-0.3, -0.25) is 4.79 Å². The van der Waals surface area contributed by atoms with E-state index in [0.29, 0.717) is 19.6 Å². The van der Waals surface area contributed by atoms with Crippen LogP contribution in [0.5, 0.6) is 0 Å². The van der Waals surface area contributed by atoms with Gasteiger partial charge in [-0.15, -0.1) is 6.58 Å². The zero-order valence-electron chi connectivity index (χ0n) is 8.63. The van der Waals surface area contributed by atoms with Gasteiger partial charge in [0.05, 0.1) is 25.2 Å². The van der Waals surface area contributed by atoms with E-state index in [2.05, 4.69) is 6.58 Å². The number of hydrogen-bond donors (Lipinski definition) is 0.